The maximum atomic E-state index is 11.6. The molecule has 3 N–H and O–H groups in total. The Morgan fingerprint density at radius 1 is 1.53 bits per heavy atom. The fourth-order valence-corrected chi connectivity index (χ4v) is 1.84. The van der Waals surface area contributed by atoms with Crippen molar-refractivity contribution >= 4 is 6.03 Å². The van der Waals surface area contributed by atoms with E-state index in [2.05, 4.69) is 15.6 Å². The van der Waals surface area contributed by atoms with E-state index in [9.17, 15) is 4.79 Å². The summed E-state index contributed by atoms with van der Waals surface area (Å²) in [5.74, 6) is 0. The van der Waals surface area contributed by atoms with Crippen LogP contribution in [0.1, 0.15) is 30.9 Å². The van der Waals surface area contributed by atoms with Crippen LogP contribution >= 0.6 is 0 Å². The number of hydrogen-bond acceptors (Lipinski definition) is 3. The summed E-state index contributed by atoms with van der Waals surface area (Å²) in [5.41, 5.74) is 2.34. The van der Waals surface area contributed by atoms with Crippen LogP contribution in [0.25, 0.3) is 0 Å². The lowest BCUT2D eigenvalue weighted by molar-refractivity contribution is 0.234. The maximum Gasteiger partial charge on any atom is 0.315 e. The highest BCUT2D eigenvalue weighted by molar-refractivity contribution is 5.74. The molecule has 0 aromatic carbocycles. The van der Waals surface area contributed by atoms with Crippen LogP contribution in [0.4, 0.5) is 4.79 Å². The number of urea groups is 1. The Hall–Kier alpha value is -1.62. The van der Waals surface area contributed by atoms with Crippen LogP contribution in [-0.2, 0) is 6.42 Å². The lowest BCUT2D eigenvalue weighted by atomic mass is 10.1. The van der Waals surface area contributed by atoms with E-state index in [1.54, 1.807) is 6.20 Å². The third-order valence-corrected chi connectivity index (χ3v) is 2.99. The maximum absolute atomic E-state index is 11.6. The van der Waals surface area contributed by atoms with Gasteiger partial charge in [0.2, 0.25) is 0 Å². The third-order valence-electron chi connectivity index (χ3n) is 2.99. The molecule has 1 rings (SSSR count). The van der Waals surface area contributed by atoms with Crippen LogP contribution in [0, 0.1) is 6.92 Å². The van der Waals surface area contributed by atoms with Gasteiger partial charge in [-0.1, -0.05) is 0 Å². The Bertz CT molecular complexity index is 396. The third kappa shape index (κ3) is 6.20. The number of nitrogens with zero attached hydrogens (tertiary/aromatic N) is 1. The average molecular weight is 265 g/mol. The molecule has 5 heteroatoms. The zero-order valence-electron chi connectivity index (χ0n) is 11.6. The summed E-state index contributed by atoms with van der Waals surface area (Å²) in [6, 6.07) is 1.89. The highest BCUT2D eigenvalue weighted by atomic mass is 16.3. The molecule has 0 spiro atoms. The minimum absolute atomic E-state index is 0.0785. The van der Waals surface area contributed by atoms with Gasteiger partial charge in [0.15, 0.2) is 0 Å². The molecule has 0 aliphatic rings. The van der Waals surface area contributed by atoms with Crippen LogP contribution in [0.15, 0.2) is 18.5 Å². The Balaban J connectivity index is 2.22. The smallest absolute Gasteiger partial charge is 0.315 e. The van der Waals surface area contributed by atoms with E-state index in [0.29, 0.717) is 13.0 Å². The fraction of sp³-hybridized carbons (Fsp3) is 0.571. The fourth-order valence-electron chi connectivity index (χ4n) is 1.84. The molecule has 1 heterocycles. The second-order valence-electron chi connectivity index (χ2n) is 4.72. The van der Waals surface area contributed by atoms with E-state index >= 15 is 0 Å². The molecular weight excluding hydrogens is 242 g/mol. The van der Waals surface area contributed by atoms with E-state index in [4.69, 9.17) is 5.11 Å². The first kappa shape index (κ1) is 15.4. The number of aliphatic hydroxyl groups excluding tert-OH is 1. The van der Waals surface area contributed by atoms with Gasteiger partial charge in [0.25, 0.3) is 0 Å². The van der Waals surface area contributed by atoms with Gasteiger partial charge >= 0.3 is 6.03 Å². The van der Waals surface area contributed by atoms with E-state index < -0.39 is 0 Å². The zero-order valence-corrected chi connectivity index (χ0v) is 11.6. The molecule has 1 aromatic heterocycles. The summed E-state index contributed by atoms with van der Waals surface area (Å²) < 4.78 is 0. The van der Waals surface area contributed by atoms with E-state index in [1.807, 2.05) is 26.1 Å². The quantitative estimate of drug-likeness (QED) is 0.697. The van der Waals surface area contributed by atoms with Gasteiger partial charge in [0.1, 0.15) is 0 Å². The number of rotatable bonds is 7. The molecule has 0 fully saturated rings. The molecule has 0 bridgehead atoms. The normalized spacial score (nSPS) is 11.9. The first-order chi connectivity index (χ1) is 9.13. The standard InChI is InChI=1S/C14H23N3O2/c1-11-10-15-7-5-13(11)6-8-16-14(19)17-12(2)4-3-9-18/h5,7,10,12,18H,3-4,6,8-9H2,1-2H3,(H2,16,17,19). The van der Waals surface area contributed by atoms with Crippen LogP contribution in [0.3, 0.4) is 0 Å². The molecule has 1 aromatic rings. The first-order valence-corrected chi connectivity index (χ1v) is 6.68. The van der Waals surface area contributed by atoms with Crippen molar-refractivity contribution in [3.05, 3.63) is 29.6 Å². The Morgan fingerprint density at radius 3 is 3.00 bits per heavy atom. The van der Waals surface area contributed by atoms with Gasteiger partial charge in [-0.05, 0) is 50.3 Å². The minimum Gasteiger partial charge on any atom is -0.396 e. The van der Waals surface area contributed by atoms with Gasteiger partial charge in [-0.15, -0.1) is 0 Å². The van der Waals surface area contributed by atoms with Crippen LogP contribution < -0.4 is 10.6 Å². The zero-order chi connectivity index (χ0) is 14.1. The first-order valence-electron chi connectivity index (χ1n) is 6.68. The molecule has 106 valence electrons. The van der Waals surface area contributed by atoms with Crippen molar-refractivity contribution in [1.82, 2.24) is 15.6 Å². The predicted octanol–water partition coefficient (Wildman–Crippen LogP) is 1.39. The lowest BCUT2D eigenvalue weighted by Crippen LogP contribution is -2.41. The monoisotopic (exact) mass is 265 g/mol. The largest absolute Gasteiger partial charge is 0.396 e. The Labute approximate surface area is 114 Å². The van der Waals surface area contributed by atoms with Gasteiger partial charge in [-0.25, -0.2) is 4.79 Å². The lowest BCUT2D eigenvalue weighted by Gasteiger charge is -2.14. The van der Waals surface area contributed by atoms with Crippen LogP contribution in [0.5, 0.6) is 0 Å². The van der Waals surface area contributed by atoms with Crippen molar-refractivity contribution in [3.63, 3.8) is 0 Å². The average Bonchev–Trinajstić information content (AvgIpc) is 2.38. The number of hydrogen-bond donors (Lipinski definition) is 3. The summed E-state index contributed by atoms with van der Waals surface area (Å²) >= 11 is 0. The molecule has 0 radical (unpaired) electrons. The summed E-state index contributed by atoms with van der Waals surface area (Å²) in [4.78, 5) is 15.6. The molecule has 19 heavy (non-hydrogen) atoms. The number of pyridine rings is 1. The van der Waals surface area contributed by atoms with Gasteiger partial charge in [0, 0.05) is 31.6 Å². The summed E-state index contributed by atoms with van der Waals surface area (Å²) in [5, 5.41) is 14.4. The molecule has 0 aliphatic heterocycles. The van der Waals surface area contributed by atoms with E-state index in [1.165, 1.54) is 5.56 Å². The number of nitrogens with one attached hydrogen (secondary N) is 2. The molecule has 0 saturated heterocycles. The summed E-state index contributed by atoms with van der Waals surface area (Å²) in [7, 11) is 0. The van der Waals surface area contributed by atoms with Crippen LogP contribution in [0.2, 0.25) is 0 Å². The molecular formula is C14H23N3O2. The van der Waals surface area contributed by atoms with Crippen molar-refractivity contribution in [2.24, 2.45) is 0 Å². The molecule has 1 unspecified atom stereocenters. The number of aryl methyl sites for hydroxylation is 1. The number of aromatic nitrogens is 1. The minimum atomic E-state index is -0.155. The van der Waals surface area contributed by atoms with Crippen molar-refractivity contribution in [3.8, 4) is 0 Å². The topological polar surface area (TPSA) is 74.2 Å². The number of amides is 2. The molecule has 1 atom stereocenters. The Morgan fingerprint density at radius 2 is 2.32 bits per heavy atom. The highest BCUT2D eigenvalue weighted by Crippen LogP contribution is 2.04. The molecule has 0 saturated carbocycles. The summed E-state index contributed by atoms with van der Waals surface area (Å²) in [6.07, 6.45) is 5.88. The Kier molecular flexibility index (Phi) is 6.89. The van der Waals surface area contributed by atoms with Crippen molar-refractivity contribution in [1.29, 1.82) is 0 Å². The molecule has 0 aliphatic carbocycles. The van der Waals surface area contributed by atoms with Gasteiger partial charge in [0.05, 0.1) is 0 Å². The summed E-state index contributed by atoms with van der Waals surface area (Å²) in [6.45, 7) is 4.71. The second-order valence-corrected chi connectivity index (χ2v) is 4.72. The second kappa shape index (κ2) is 8.48. The van der Waals surface area contributed by atoms with Crippen molar-refractivity contribution < 1.29 is 9.90 Å². The number of carbonyl (C=O) groups excluding carboxylic acids is 1. The molecule has 5 nitrogen and oxygen atoms in total. The number of carbonyl (C=O) groups is 1. The van der Waals surface area contributed by atoms with Crippen molar-refractivity contribution in [2.45, 2.75) is 39.2 Å². The predicted molar refractivity (Wildman–Crippen MR) is 75.0 cm³/mol. The van der Waals surface area contributed by atoms with Gasteiger partial charge < -0.3 is 15.7 Å². The van der Waals surface area contributed by atoms with E-state index in [-0.39, 0.29) is 18.7 Å². The van der Waals surface area contributed by atoms with E-state index in [0.717, 1.165) is 18.4 Å². The van der Waals surface area contributed by atoms with Crippen LogP contribution in [-0.4, -0.2) is 35.3 Å². The SMILES string of the molecule is Cc1cnccc1CCNC(=O)NC(C)CCCO. The number of aliphatic hydroxyl groups is 1. The van der Waals surface area contributed by atoms with Gasteiger partial charge in [-0.3, -0.25) is 4.98 Å². The van der Waals surface area contributed by atoms with Gasteiger partial charge in [-0.2, -0.15) is 0 Å². The van der Waals surface area contributed by atoms with Crippen molar-refractivity contribution in [2.75, 3.05) is 13.2 Å². The highest BCUT2D eigenvalue weighted by Gasteiger charge is 2.06. The molecule has 2 amide bonds.